The van der Waals surface area contributed by atoms with Crippen molar-refractivity contribution in [3.63, 3.8) is 0 Å². The molecule has 0 spiro atoms. The number of carbonyl (C=O) groups is 3. The van der Waals surface area contributed by atoms with E-state index in [4.69, 9.17) is 4.74 Å². The van der Waals surface area contributed by atoms with Crippen LogP contribution in [0.2, 0.25) is 0 Å². The largest absolute Gasteiger partial charge is 0.461 e. The lowest BCUT2D eigenvalue weighted by atomic mass is 10.0. The van der Waals surface area contributed by atoms with Crippen LogP contribution in [0.15, 0.2) is 0 Å². The summed E-state index contributed by atoms with van der Waals surface area (Å²) < 4.78 is 6.80. The third kappa shape index (κ3) is 3.78. The molecule has 1 aliphatic rings. The summed E-state index contributed by atoms with van der Waals surface area (Å²) in [5.74, 6) is -0.682. The summed E-state index contributed by atoms with van der Waals surface area (Å²) in [5, 5.41) is 0. The number of amides is 1. The van der Waals surface area contributed by atoms with Gasteiger partial charge in [0.25, 0.3) is 0 Å². The molecule has 1 aromatic heterocycles. The number of carbonyl (C=O) groups excluding carboxylic acids is 3. The zero-order valence-electron chi connectivity index (χ0n) is 16.0. The highest BCUT2D eigenvalue weighted by molar-refractivity contribution is 6.04. The van der Waals surface area contributed by atoms with Crippen molar-refractivity contribution in [1.82, 2.24) is 9.47 Å². The van der Waals surface area contributed by atoms with Gasteiger partial charge in [-0.15, -0.1) is 0 Å². The molecule has 1 aliphatic carbocycles. The second-order valence-corrected chi connectivity index (χ2v) is 6.99. The van der Waals surface area contributed by atoms with Crippen molar-refractivity contribution in [2.24, 2.45) is 13.0 Å². The molecule has 25 heavy (non-hydrogen) atoms. The molecule has 6 heteroatoms. The Hall–Kier alpha value is -2.11. The van der Waals surface area contributed by atoms with Gasteiger partial charge in [-0.3, -0.25) is 9.59 Å². The van der Waals surface area contributed by atoms with E-state index in [9.17, 15) is 14.4 Å². The van der Waals surface area contributed by atoms with E-state index in [1.165, 1.54) is 0 Å². The van der Waals surface area contributed by atoms with Gasteiger partial charge in [0.1, 0.15) is 5.69 Å². The zero-order chi connectivity index (χ0) is 18.9. The summed E-state index contributed by atoms with van der Waals surface area (Å²) >= 11 is 0. The SMILES string of the molecule is CCOC(=O)c1c(C)c(C(=O)CN(C(=O)C(C)C)C2CC2)c(C)n1C. The van der Waals surface area contributed by atoms with Gasteiger partial charge in [0.2, 0.25) is 5.91 Å². The van der Waals surface area contributed by atoms with Crippen LogP contribution in [-0.4, -0.2) is 46.3 Å². The lowest BCUT2D eigenvalue weighted by Crippen LogP contribution is -2.40. The Morgan fingerprint density at radius 3 is 2.32 bits per heavy atom. The fourth-order valence-corrected chi connectivity index (χ4v) is 3.22. The number of rotatable bonds is 7. The first-order chi connectivity index (χ1) is 11.7. The standard InChI is InChI=1S/C19H28N2O4/c1-7-25-19(24)17-12(4)16(13(5)20(17)6)15(22)10-21(14-8-9-14)18(23)11(2)3/h11,14H,7-10H2,1-6H3. The molecule has 1 heterocycles. The van der Waals surface area contributed by atoms with Crippen LogP contribution in [0.3, 0.4) is 0 Å². The maximum Gasteiger partial charge on any atom is 0.355 e. The molecule has 0 atom stereocenters. The van der Waals surface area contributed by atoms with E-state index in [2.05, 4.69) is 0 Å². The van der Waals surface area contributed by atoms with Crippen LogP contribution >= 0.6 is 0 Å². The van der Waals surface area contributed by atoms with Gasteiger partial charge in [-0.25, -0.2) is 4.79 Å². The van der Waals surface area contributed by atoms with E-state index in [1.54, 1.807) is 30.4 Å². The second kappa shape index (κ2) is 7.42. The molecule has 1 amide bonds. The molecule has 0 aromatic carbocycles. The Kier molecular flexibility index (Phi) is 5.70. The Labute approximate surface area is 149 Å². The summed E-state index contributed by atoms with van der Waals surface area (Å²) in [4.78, 5) is 39.3. The molecule has 0 aliphatic heterocycles. The number of nitrogens with zero attached hydrogens (tertiary/aromatic N) is 2. The van der Waals surface area contributed by atoms with Crippen molar-refractivity contribution in [2.45, 2.75) is 53.5 Å². The fourth-order valence-electron chi connectivity index (χ4n) is 3.22. The third-order valence-electron chi connectivity index (χ3n) is 4.76. The molecule has 1 fully saturated rings. The van der Waals surface area contributed by atoms with Gasteiger partial charge < -0.3 is 14.2 Å². The topological polar surface area (TPSA) is 68.6 Å². The highest BCUT2D eigenvalue weighted by atomic mass is 16.5. The molecule has 6 nitrogen and oxygen atoms in total. The Balaban J connectivity index is 2.31. The van der Waals surface area contributed by atoms with Crippen molar-refractivity contribution >= 4 is 17.7 Å². The number of aromatic nitrogens is 1. The Bertz CT molecular complexity index is 699. The van der Waals surface area contributed by atoms with Crippen LogP contribution in [0.4, 0.5) is 0 Å². The molecule has 2 rings (SSSR count). The predicted octanol–water partition coefficient (Wildman–Crippen LogP) is 2.65. The molecule has 0 unspecified atom stereocenters. The highest BCUT2D eigenvalue weighted by Crippen LogP contribution is 2.29. The van der Waals surface area contributed by atoms with Crippen LogP contribution in [0, 0.1) is 19.8 Å². The quantitative estimate of drug-likeness (QED) is 0.561. The lowest BCUT2D eigenvalue weighted by Gasteiger charge is -2.23. The van der Waals surface area contributed by atoms with Crippen molar-refractivity contribution in [3.05, 3.63) is 22.5 Å². The molecule has 1 aromatic rings. The average molecular weight is 348 g/mol. The Morgan fingerprint density at radius 2 is 1.84 bits per heavy atom. The number of Topliss-reactive ketones (excluding diaryl/α,β-unsaturated/α-hetero) is 1. The lowest BCUT2D eigenvalue weighted by molar-refractivity contribution is -0.134. The third-order valence-corrected chi connectivity index (χ3v) is 4.76. The van der Waals surface area contributed by atoms with Gasteiger partial charge in [0, 0.05) is 30.3 Å². The summed E-state index contributed by atoms with van der Waals surface area (Å²) in [5.41, 5.74) is 2.26. The van der Waals surface area contributed by atoms with Crippen LogP contribution in [0.1, 0.15) is 65.7 Å². The number of hydrogen-bond acceptors (Lipinski definition) is 4. The smallest absolute Gasteiger partial charge is 0.355 e. The van der Waals surface area contributed by atoms with Gasteiger partial charge >= 0.3 is 5.97 Å². The van der Waals surface area contributed by atoms with Crippen LogP contribution in [0.25, 0.3) is 0 Å². The van der Waals surface area contributed by atoms with E-state index in [-0.39, 0.29) is 36.8 Å². The van der Waals surface area contributed by atoms with E-state index in [1.807, 2.05) is 20.8 Å². The van der Waals surface area contributed by atoms with Gasteiger partial charge in [-0.1, -0.05) is 13.8 Å². The maximum atomic E-state index is 12.9. The average Bonchev–Trinajstić information content (AvgIpc) is 3.33. The number of ketones is 1. The van der Waals surface area contributed by atoms with Gasteiger partial charge in [0.15, 0.2) is 5.78 Å². The fraction of sp³-hybridized carbons (Fsp3) is 0.632. The van der Waals surface area contributed by atoms with Crippen LogP contribution in [0.5, 0.6) is 0 Å². The molecular formula is C19H28N2O4. The first-order valence-electron chi connectivity index (χ1n) is 8.87. The minimum absolute atomic E-state index is 0.00713. The molecule has 0 saturated heterocycles. The van der Waals surface area contributed by atoms with Crippen molar-refractivity contribution < 1.29 is 19.1 Å². The monoisotopic (exact) mass is 348 g/mol. The summed E-state index contributed by atoms with van der Waals surface area (Å²) in [6.07, 6.45) is 1.90. The summed E-state index contributed by atoms with van der Waals surface area (Å²) in [6, 6.07) is 0.174. The highest BCUT2D eigenvalue weighted by Gasteiger charge is 2.36. The van der Waals surface area contributed by atoms with Gasteiger partial charge in [-0.2, -0.15) is 0 Å². The van der Waals surface area contributed by atoms with E-state index >= 15 is 0 Å². The maximum absolute atomic E-state index is 12.9. The summed E-state index contributed by atoms with van der Waals surface area (Å²) in [6.45, 7) is 9.37. The molecule has 0 radical (unpaired) electrons. The van der Waals surface area contributed by atoms with Crippen molar-refractivity contribution in [3.8, 4) is 0 Å². The van der Waals surface area contributed by atoms with E-state index < -0.39 is 5.97 Å². The minimum Gasteiger partial charge on any atom is -0.461 e. The van der Waals surface area contributed by atoms with Crippen LogP contribution < -0.4 is 0 Å². The molecule has 138 valence electrons. The second-order valence-electron chi connectivity index (χ2n) is 6.99. The van der Waals surface area contributed by atoms with E-state index in [0.717, 1.165) is 18.5 Å². The molecule has 0 bridgehead atoms. The molecular weight excluding hydrogens is 320 g/mol. The number of hydrogen-bond donors (Lipinski definition) is 0. The molecule has 0 N–H and O–H groups in total. The number of ether oxygens (including phenoxy) is 1. The van der Waals surface area contributed by atoms with Gasteiger partial charge in [-0.05, 0) is 39.2 Å². The van der Waals surface area contributed by atoms with Crippen LogP contribution in [-0.2, 0) is 16.6 Å². The molecule has 1 saturated carbocycles. The minimum atomic E-state index is -0.429. The van der Waals surface area contributed by atoms with Crippen molar-refractivity contribution in [1.29, 1.82) is 0 Å². The zero-order valence-corrected chi connectivity index (χ0v) is 16.0. The normalized spacial score (nSPS) is 13.9. The van der Waals surface area contributed by atoms with E-state index in [0.29, 0.717) is 16.8 Å². The van der Waals surface area contributed by atoms with Crippen molar-refractivity contribution in [2.75, 3.05) is 13.2 Å². The first-order valence-corrected chi connectivity index (χ1v) is 8.87. The predicted molar refractivity (Wildman–Crippen MR) is 94.7 cm³/mol. The Morgan fingerprint density at radius 1 is 1.24 bits per heavy atom. The van der Waals surface area contributed by atoms with Gasteiger partial charge in [0.05, 0.1) is 13.2 Å². The summed E-state index contributed by atoms with van der Waals surface area (Å²) in [7, 11) is 1.75. The first kappa shape index (κ1) is 19.2. The number of esters is 1.